The van der Waals surface area contributed by atoms with Crippen LogP contribution < -0.4 is 0 Å². The minimum absolute atomic E-state index is 0.295. The summed E-state index contributed by atoms with van der Waals surface area (Å²) in [6, 6.07) is 10.7. The van der Waals surface area contributed by atoms with Crippen molar-refractivity contribution in [1.29, 1.82) is 0 Å². The molecule has 5 nitrogen and oxygen atoms in total. The maximum atomic E-state index is 12.9. The number of methoxy groups -OCH3 is 1. The van der Waals surface area contributed by atoms with Gasteiger partial charge in [-0.2, -0.15) is 4.31 Å². The molecule has 0 atom stereocenters. The molecule has 23 heavy (non-hydrogen) atoms. The summed E-state index contributed by atoms with van der Waals surface area (Å²) < 4.78 is 32.3. The summed E-state index contributed by atoms with van der Waals surface area (Å²) in [7, 11) is -2.00. The van der Waals surface area contributed by atoms with Gasteiger partial charge in [-0.3, -0.25) is 4.98 Å². The molecular weight excluding hydrogens is 312 g/mol. The van der Waals surface area contributed by atoms with Gasteiger partial charge < -0.3 is 4.74 Å². The molecule has 0 aliphatic rings. The molecule has 0 fully saturated rings. The predicted molar refractivity (Wildman–Crippen MR) is 89.5 cm³/mol. The highest BCUT2D eigenvalue weighted by molar-refractivity contribution is 7.89. The van der Waals surface area contributed by atoms with E-state index in [2.05, 4.69) is 4.98 Å². The number of hydrogen-bond donors (Lipinski definition) is 0. The van der Waals surface area contributed by atoms with Crippen molar-refractivity contribution in [2.24, 2.45) is 0 Å². The second kappa shape index (κ2) is 8.19. The third-order valence-electron chi connectivity index (χ3n) is 3.62. The Morgan fingerprint density at radius 1 is 1.04 bits per heavy atom. The van der Waals surface area contributed by atoms with E-state index in [0.29, 0.717) is 24.6 Å². The summed E-state index contributed by atoms with van der Waals surface area (Å²) in [5.41, 5.74) is 2.01. The van der Waals surface area contributed by atoms with Gasteiger partial charge in [0.25, 0.3) is 0 Å². The van der Waals surface area contributed by atoms with E-state index in [1.807, 2.05) is 31.2 Å². The molecule has 6 heteroatoms. The van der Waals surface area contributed by atoms with Crippen molar-refractivity contribution in [3.63, 3.8) is 0 Å². The third-order valence-corrected chi connectivity index (χ3v) is 5.48. The van der Waals surface area contributed by atoms with Gasteiger partial charge in [-0.25, -0.2) is 8.42 Å². The van der Waals surface area contributed by atoms with Crippen LogP contribution in [0.2, 0.25) is 0 Å². The van der Waals surface area contributed by atoms with Gasteiger partial charge in [0.15, 0.2) is 0 Å². The van der Waals surface area contributed by atoms with E-state index >= 15 is 0 Å². The number of aromatic nitrogens is 1. The van der Waals surface area contributed by atoms with Crippen LogP contribution in [0.5, 0.6) is 0 Å². The van der Waals surface area contributed by atoms with E-state index in [9.17, 15) is 8.42 Å². The zero-order valence-corrected chi connectivity index (χ0v) is 14.3. The smallest absolute Gasteiger partial charge is 0.243 e. The van der Waals surface area contributed by atoms with Crippen molar-refractivity contribution in [3.8, 4) is 0 Å². The lowest BCUT2D eigenvalue weighted by Crippen LogP contribution is -2.33. The van der Waals surface area contributed by atoms with E-state index in [1.54, 1.807) is 31.6 Å². The Hall–Kier alpha value is -1.76. The van der Waals surface area contributed by atoms with Crippen LogP contribution in [0.15, 0.2) is 53.7 Å². The Kier molecular flexibility index (Phi) is 6.27. The number of benzene rings is 1. The molecule has 0 radical (unpaired) electrons. The lowest BCUT2D eigenvalue weighted by molar-refractivity contribution is 0.177. The zero-order chi connectivity index (χ0) is 16.7. The van der Waals surface area contributed by atoms with Crippen LogP contribution in [-0.4, -0.2) is 38.0 Å². The van der Waals surface area contributed by atoms with Crippen LogP contribution in [-0.2, 0) is 27.7 Å². The molecule has 2 rings (SSSR count). The van der Waals surface area contributed by atoms with Gasteiger partial charge in [-0.15, -0.1) is 0 Å². The van der Waals surface area contributed by atoms with E-state index in [4.69, 9.17) is 4.74 Å². The van der Waals surface area contributed by atoms with E-state index in [0.717, 1.165) is 17.5 Å². The van der Waals surface area contributed by atoms with Gasteiger partial charge in [0.05, 0.1) is 11.5 Å². The van der Waals surface area contributed by atoms with Gasteiger partial charge in [-0.1, -0.05) is 19.1 Å². The lowest BCUT2D eigenvalue weighted by atomic mass is 10.2. The highest BCUT2D eigenvalue weighted by Gasteiger charge is 2.24. The fraction of sp³-hybridized carbons (Fsp3) is 0.353. The first-order chi connectivity index (χ1) is 11.1. The number of rotatable bonds is 8. The minimum atomic E-state index is -3.56. The highest BCUT2D eigenvalue weighted by Crippen LogP contribution is 2.19. The topological polar surface area (TPSA) is 59.5 Å². The molecule has 0 bridgehead atoms. The number of hydrogen-bond acceptors (Lipinski definition) is 4. The molecule has 124 valence electrons. The molecule has 0 aliphatic heterocycles. The second-order valence-electron chi connectivity index (χ2n) is 5.18. The Bertz CT molecular complexity index is 700. The van der Waals surface area contributed by atoms with Gasteiger partial charge >= 0.3 is 0 Å². The van der Waals surface area contributed by atoms with E-state index in [1.165, 1.54) is 4.31 Å². The quantitative estimate of drug-likeness (QED) is 0.744. The molecule has 0 unspecified atom stereocenters. The van der Waals surface area contributed by atoms with Crippen LogP contribution in [0.4, 0.5) is 0 Å². The van der Waals surface area contributed by atoms with Crippen molar-refractivity contribution in [2.75, 3.05) is 20.3 Å². The Labute approximate surface area is 138 Å². The van der Waals surface area contributed by atoms with Gasteiger partial charge in [-0.05, 0) is 41.8 Å². The maximum absolute atomic E-state index is 12.9. The standard InChI is InChI=1S/C17H22N2O3S/c1-3-15-4-6-17(7-5-15)23(20,21)19(12-13-22-2)14-16-8-10-18-11-9-16/h4-11H,3,12-14H2,1-2H3. The van der Waals surface area contributed by atoms with Crippen molar-refractivity contribution in [1.82, 2.24) is 9.29 Å². The SMILES string of the molecule is CCc1ccc(S(=O)(=O)N(CCOC)Cc2ccncc2)cc1. The molecule has 1 heterocycles. The summed E-state index contributed by atoms with van der Waals surface area (Å²) >= 11 is 0. The van der Waals surface area contributed by atoms with E-state index < -0.39 is 10.0 Å². The molecule has 0 aliphatic carbocycles. The summed E-state index contributed by atoms with van der Waals surface area (Å²) in [6.45, 7) is 2.98. The van der Waals surface area contributed by atoms with Crippen LogP contribution >= 0.6 is 0 Å². The second-order valence-corrected chi connectivity index (χ2v) is 7.12. The minimum Gasteiger partial charge on any atom is -0.383 e. The van der Waals surface area contributed by atoms with Crippen LogP contribution in [0.25, 0.3) is 0 Å². The Morgan fingerprint density at radius 2 is 1.70 bits per heavy atom. The van der Waals surface area contributed by atoms with Crippen LogP contribution in [0.1, 0.15) is 18.1 Å². The first-order valence-corrected chi connectivity index (χ1v) is 8.99. The predicted octanol–water partition coefficient (Wildman–Crippen LogP) is 2.48. The van der Waals surface area contributed by atoms with Crippen LogP contribution in [0.3, 0.4) is 0 Å². The fourth-order valence-electron chi connectivity index (χ4n) is 2.22. The summed E-state index contributed by atoms with van der Waals surface area (Å²) in [4.78, 5) is 4.27. The zero-order valence-electron chi connectivity index (χ0n) is 13.5. The molecular formula is C17H22N2O3S. The number of ether oxygens (including phenoxy) is 1. The van der Waals surface area contributed by atoms with Crippen molar-refractivity contribution in [2.45, 2.75) is 24.8 Å². The summed E-state index contributed by atoms with van der Waals surface area (Å²) in [5.74, 6) is 0. The molecule has 1 aromatic heterocycles. The normalized spacial score (nSPS) is 11.8. The first kappa shape index (κ1) is 17.6. The molecule has 0 saturated carbocycles. The number of sulfonamides is 1. The highest BCUT2D eigenvalue weighted by atomic mass is 32.2. The summed E-state index contributed by atoms with van der Waals surface area (Å²) in [5, 5.41) is 0. The fourth-order valence-corrected chi connectivity index (χ4v) is 3.63. The first-order valence-electron chi connectivity index (χ1n) is 7.55. The van der Waals surface area contributed by atoms with Gasteiger partial charge in [0.2, 0.25) is 10.0 Å². The van der Waals surface area contributed by atoms with Gasteiger partial charge in [0.1, 0.15) is 0 Å². The van der Waals surface area contributed by atoms with Crippen molar-refractivity contribution in [3.05, 3.63) is 59.9 Å². The molecule has 0 saturated heterocycles. The molecule has 2 aromatic rings. The third kappa shape index (κ3) is 4.60. The maximum Gasteiger partial charge on any atom is 0.243 e. The number of pyridine rings is 1. The largest absolute Gasteiger partial charge is 0.383 e. The Balaban J connectivity index is 2.27. The average molecular weight is 334 g/mol. The molecule has 0 spiro atoms. The monoisotopic (exact) mass is 334 g/mol. The van der Waals surface area contributed by atoms with Gasteiger partial charge in [0, 0.05) is 32.6 Å². The van der Waals surface area contributed by atoms with E-state index in [-0.39, 0.29) is 0 Å². The van der Waals surface area contributed by atoms with Crippen LogP contribution in [0, 0.1) is 0 Å². The molecule has 1 aromatic carbocycles. The molecule has 0 amide bonds. The van der Waals surface area contributed by atoms with Crippen molar-refractivity contribution < 1.29 is 13.2 Å². The average Bonchev–Trinajstić information content (AvgIpc) is 2.59. The lowest BCUT2D eigenvalue weighted by Gasteiger charge is -2.22. The number of aryl methyl sites for hydroxylation is 1. The Morgan fingerprint density at radius 3 is 2.26 bits per heavy atom. The summed E-state index contributed by atoms with van der Waals surface area (Å²) in [6.07, 6.45) is 4.20. The van der Waals surface area contributed by atoms with Crippen molar-refractivity contribution >= 4 is 10.0 Å². The molecule has 0 N–H and O–H groups in total. The number of nitrogens with zero attached hydrogens (tertiary/aromatic N) is 2.